The molecule has 0 aromatic carbocycles. The minimum atomic E-state index is -1.26. The van der Waals surface area contributed by atoms with Crippen molar-refractivity contribution in [2.45, 2.75) is 24.6 Å². The van der Waals surface area contributed by atoms with Gasteiger partial charge in [0.1, 0.15) is 18.5 Å². The summed E-state index contributed by atoms with van der Waals surface area (Å²) in [5, 5.41) is 28.2. The maximum absolute atomic E-state index is 10.7. The van der Waals surface area contributed by atoms with E-state index in [9.17, 15) is 15.0 Å². The van der Waals surface area contributed by atoms with E-state index in [1.165, 1.54) is 0 Å². The number of hydrogen-bond acceptors (Lipinski definition) is 7. The molecule has 0 aliphatic carbocycles. The Morgan fingerprint density at radius 2 is 2.06 bits per heavy atom. The Hall–Kier alpha value is -0.570. The molecule has 5 N–H and O–H groups in total. The Morgan fingerprint density at radius 3 is 2.56 bits per heavy atom. The number of ether oxygens (including phenoxy) is 2. The summed E-state index contributed by atoms with van der Waals surface area (Å²) in [5.74, 6) is -1.03. The van der Waals surface area contributed by atoms with Crippen molar-refractivity contribution in [3.05, 3.63) is 0 Å². The first-order valence-corrected chi connectivity index (χ1v) is 5.05. The Kier molecular flexibility index (Phi) is 5.26. The van der Waals surface area contributed by atoms with Gasteiger partial charge in [-0.05, 0) is 0 Å². The second-order valence-corrected chi connectivity index (χ2v) is 3.58. The van der Waals surface area contributed by atoms with Crippen LogP contribution in [-0.4, -0.2) is 66.0 Å². The SMILES string of the molecule is NCCO[C@@H]1O[C@H](CO)[C@@H](O)[C@H](C=O)[C@H]1O. The minimum absolute atomic E-state index is 0.154. The summed E-state index contributed by atoms with van der Waals surface area (Å²) in [4.78, 5) is 10.7. The molecule has 1 rings (SSSR count). The highest BCUT2D eigenvalue weighted by atomic mass is 16.7. The first kappa shape index (κ1) is 13.5. The molecule has 0 unspecified atom stereocenters. The molecule has 7 heteroatoms. The zero-order chi connectivity index (χ0) is 12.1. The van der Waals surface area contributed by atoms with Crippen LogP contribution >= 0.6 is 0 Å². The van der Waals surface area contributed by atoms with Crippen LogP contribution in [0.2, 0.25) is 0 Å². The average Bonchev–Trinajstić information content (AvgIpc) is 2.29. The van der Waals surface area contributed by atoms with Crippen LogP contribution in [0.4, 0.5) is 0 Å². The molecular formula is C9H17NO6. The highest BCUT2D eigenvalue weighted by Crippen LogP contribution is 2.25. The number of hydrogen-bond donors (Lipinski definition) is 4. The van der Waals surface area contributed by atoms with Crippen molar-refractivity contribution < 1.29 is 29.6 Å². The van der Waals surface area contributed by atoms with E-state index in [2.05, 4.69) is 0 Å². The Balaban J connectivity index is 2.68. The van der Waals surface area contributed by atoms with Crippen molar-refractivity contribution >= 4 is 6.29 Å². The second-order valence-electron chi connectivity index (χ2n) is 3.58. The molecule has 1 aliphatic rings. The van der Waals surface area contributed by atoms with E-state index in [0.29, 0.717) is 6.29 Å². The maximum Gasteiger partial charge on any atom is 0.184 e. The summed E-state index contributed by atoms with van der Waals surface area (Å²) in [6.07, 6.45) is -4.07. The lowest BCUT2D eigenvalue weighted by Gasteiger charge is -2.39. The number of rotatable bonds is 5. The predicted molar refractivity (Wildman–Crippen MR) is 52.3 cm³/mol. The molecule has 1 aliphatic heterocycles. The van der Waals surface area contributed by atoms with Gasteiger partial charge in [-0.2, -0.15) is 0 Å². The second kappa shape index (κ2) is 6.24. The van der Waals surface area contributed by atoms with E-state index in [1.54, 1.807) is 0 Å². The van der Waals surface area contributed by atoms with Crippen molar-refractivity contribution in [1.29, 1.82) is 0 Å². The number of carbonyl (C=O) groups is 1. The van der Waals surface area contributed by atoms with Crippen LogP contribution < -0.4 is 5.73 Å². The molecule has 16 heavy (non-hydrogen) atoms. The van der Waals surface area contributed by atoms with Crippen LogP contribution in [-0.2, 0) is 14.3 Å². The van der Waals surface area contributed by atoms with Crippen LogP contribution in [0.15, 0.2) is 0 Å². The molecule has 5 atom stereocenters. The maximum atomic E-state index is 10.7. The van der Waals surface area contributed by atoms with Crippen molar-refractivity contribution in [2.75, 3.05) is 19.8 Å². The molecule has 94 valence electrons. The van der Waals surface area contributed by atoms with Crippen molar-refractivity contribution in [3.63, 3.8) is 0 Å². The molecule has 0 radical (unpaired) electrons. The number of aliphatic hydroxyl groups is 3. The molecule has 1 fully saturated rings. The summed E-state index contributed by atoms with van der Waals surface area (Å²) in [6, 6.07) is 0. The van der Waals surface area contributed by atoms with Gasteiger partial charge in [-0.1, -0.05) is 0 Å². The van der Waals surface area contributed by atoms with E-state index in [0.717, 1.165) is 0 Å². The van der Waals surface area contributed by atoms with Gasteiger partial charge < -0.3 is 35.3 Å². The molecule has 0 aromatic heterocycles. The average molecular weight is 235 g/mol. The normalized spacial score (nSPS) is 39.6. The van der Waals surface area contributed by atoms with Crippen molar-refractivity contribution in [3.8, 4) is 0 Å². The first-order chi connectivity index (χ1) is 7.65. The summed E-state index contributed by atoms with van der Waals surface area (Å²) >= 11 is 0. The van der Waals surface area contributed by atoms with E-state index in [4.69, 9.17) is 20.3 Å². The van der Waals surface area contributed by atoms with E-state index >= 15 is 0 Å². The highest BCUT2D eigenvalue weighted by molar-refractivity contribution is 5.56. The molecule has 0 aromatic rings. The fourth-order valence-electron chi connectivity index (χ4n) is 1.60. The first-order valence-electron chi connectivity index (χ1n) is 5.05. The van der Waals surface area contributed by atoms with Gasteiger partial charge in [-0.15, -0.1) is 0 Å². The molecule has 0 bridgehead atoms. The lowest BCUT2D eigenvalue weighted by Crippen LogP contribution is -2.56. The van der Waals surface area contributed by atoms with Crippen LogP contribution in [0, 0.1) is 5.92 Å². The predicted octanol–water partition coefficient (Wildman–Crippen LogP) is -2.78. The number of aliphatic hydroxyl groups excluding tert-OH is 3. The molecule has 1 heterocycles. The van der Waals surface area contributed by atoms with Gasteiger partial charge in [0.15, 0.2) is 6.29 Å². The summed E-state index contributed by atoms with van der Waals surface area (Å²) < 4.78 is 10.2. The van der Waals surface area contributed by atoms with Crippen LogP contribution in [0.5, 0.6) is 0 Å². The molecular weight excluding hydrogens is 218 g/mol. The molecule has 1 saturated heterocycles. The Bertz CT molecular complexity index is 226. The zero-order valence-electron chi connectivity index (χ0n) is 8.73. The molecule has 0 spiro atoms. The Morgan fingerprint density at radius 1 is 1.38 bits per heavy atom. The van der Waals surface area contributed by atoms with Gasteiger partial charge in [-0.3, -0.25) is 0 Å². The fraction of sp³-hybridized carbons (Fsp3) is 0.889. The summed E-state index contributed by atoms with van der Waals surface area (Å²) in [5.41, 5.74) is 5.22. The highest BCUT2D eigenvalue weighted by Gasteiger charge is 2.44. The van der Waals surface area contributed by atoms with Gasteiger partial charge in [0.25, 0.3) is 0 Å². The standard InChI is InChI=1S/C9H17NO6/c10-1-2-15-9-8(14)5(3-11)7(13)6(4-12)16-9/h3,5-9,12-14H,1-2,4,10H2/t5-,6+,7-,8+,9+/m0/s1. The number of aldehydes is 1. The Labute approximate surface area is 92.8 Å². The van der Waals surface area contributed by atoms with Gasteiger partial charge in [0, 0.05) is 6.54 Å². The molecule has 0 amide bonds. The lowest BCUT2D eigenvalue weighted by atomic mass is 9.90. The summed E-state index contributed by atoms with van der Waals surface area (Å²) in [6.45, 7) is -0.0626. The van der Waals surface area contributed by atoms with Gasteiger partial charge >= 0.3 is 0 Å². The van der Waals surface area contributed by atoms with E-state index < -0.39 is 37.1 Å². The molecule has 7 nitrogen and oxygen atoms in total. The fourth-order valence-corrected chi connectivity index (χ4v) is 1.60. The quantitative estimate of drug-likeness (QED) is 0.380. The van der Waals surface area contributed by atoms with Gasteiger partial charge in [-0.25, -0.2) is 0 Å². The van der Waals surface area contributed by atoms with Gasteiger partial charge in [0.2, 0.25) is 0 Å². The van der Waals surface area contributed by atoms with Crippen molar-refractivity contribution in [1.82, 2.24) is 0 Å². The summed E-state index contributed by atoms with van der Waals surface area (Å²) in [7, 11) is 0. The molecule has 0 saturated carbocycles. The topological polar surface area (TPSA) is 122 Å². The van der Waals surface area contributed by atoms with E-state index in [-0.39, 0.29) is 13.2 Å². The van der Waals surface area contributed by atoms with E-state index in [1.807, 2.05) is 0 Å². The van der Waals surface area contributed by atoms with Crippen LogP contribution in [0.1, 0.15) is 0 Å². The largest absolute Gasteiger partial charge is 0.394 e. The minimum Gasteiger partial charge on any atom is -0.394 e. The number of carbonyl (C=O) groups excluding carboxylic acids is 1. The van der Waals surface area contributed by atoms with Gasteiger partial charge in [0.05, 0.1) is 25.2 Å². The third kappa shape index (κ3) is 2.76. The van der Waals surface area contributed by atoms with Crippen molar-refractivity contribution in [2.24, 2.45) is 11.7 Å². The van der Waals surface area contributed by atoms with Crippen LogP contribution in [0.25, 0.3) is 0 Å². The van der Waals surface area contributed by atoms with Crippen LogP contribution in [0.3, 0.4) is 0 Å². The smallest absolute Gasteiger partial charge is 0.184 e. The number of nitrogens with two attached hydrogens (primary N) is 1. The monoisotopic (exact) mass is 235 g/mol. The zero-order valence-corrected chi connectivity index (χ0v) is 8.73. The lowest BCUT2D eigenvalue weighted by molar-refractivity contribution is -0.283. The third-order valence-electron chi connectivity index (χ3n) is 2.49. The third-order valence-corrected chi connectivity index (χ3v) is 2.49.